The molecule has 0 fully saturated rings. The molecule has 108 heavy (non-hydrogen) atoms. The van der Waals surface area contributed by atoms with Gasteiger partial charge < -0.3 is 33.8 Å². The largest absolute Gasteiger partial charge is 0.472 e. The van der Waals surface area contributed by atoms with Crippen LogP contribution in [0.5, 0.6) is 0 Å². The van der Waals surface area contributed by atoms with E-state index in [9.17, 15) is 43.2 Å². The van der Waals surface area contributed by atoms with E-state index in [1.54, 1.807) is 0 Å². The Morgan fingerprint density at radius 3 is 0.750 bits per heavy atom. The van der Waals surface area contributed by atoms with Gasteiger partial charge in [-0.3, -0.25) is 37.3 Å². The van der Waals surface area contributed by atoms with Crippen molar-refractivity contribution in [3.63, 3.8) is 0 Å². The van der Waals surface area contributed by atoms with E-state index in [0.29, 0.717) is 25.7 Å². The molecule has 0 bridgehead atoms. The van der Waals surface area contributed by atoms with Crippen molar-refractivity contribution in [2.45, 2.75) is 316 Å². The number of rotatable bonds is 75. The second-order valence-corrected chi connectivity index (χ2v) is 29.5. The summed E-state index contributed by atoms with van der Waals surface area (Å²) in [7, 11) is -10.0. The second-order valence-electron chi connectivity index (χ2n) is 26.6. The summed E-state index contributed by atoms with van der Waals surface area (Å²) in [5.41, 5.74) is 0. The van der Waals surface area contributed by atoms with Crippen molar-refractivity contribution in [3.8, 4) is 0 Å². The number of hydrogen-bond donors (Lipinski definition) is 3. The average molecular weight is 1550 g/mol. The van der Waals surface area contributed by atoms with Crippen LogP contribution in [0, 0.1) is 0 Å². The van der Waals surface area contributed by atoms with Gasteiger partial charge in [-0.05, 0) is 173 Å². The Labute approximate surface area is 654 Å². The fourth-order valence-electron chi connectivity index (χ4n) is 10.2. The van der Waals surface area contributed by atoms with Gasteiger partial charge in [-0.2, -0.15) is 0 Å². The van der Waals surface area contributed by atoms with E-state index in [2.05, 4.69) is 210 Å². The highest BCUT2D eigenvalue weighted by Gasteiger charge is 2.30. The average Bonchev–Trinajstić information content (AvgIpc) is 0.916. The van der Waals surface area contributed by atoms with Crippen molar-refractivity contribution in [2.24, 2.45) is 0 Å². The second kappa shape index (κ2) is 79.3. The molecule has 0 aromatic rings. The Bertz CT molecular complexity index is 2760. The Morgan fingerprint density at radius 1 is 0.269 bits per heavy atom. The molecule has 0 heterocycles. The molecule has 0 aromatic heterocycles. The first-order valence-electron chi connectivity index (χ1n) is 41.0. The van der Waals surface area contributed by atoms with E-state index < -0.39 is 97.5 Å². The van der Waals surface area contributed by atoms with Crippen LogP contribution in [0.15, 0.2) is 182 Å². The monoisotopic (exact) mass is 1550 g/mol. The fourth-order valence-corrected chi connectivity index (χ4v) is 11.8. The summed E-state index contributed by atoms with van der Waals surface area (Å²) in [5.74, 6) is -2.29. The van der Waals surface area contributed by atoms with E-state index >= 15 is 0 Å². The van der Waals surface area contributed by atoms with E-state index in [1.165, 1.54) is 0 Å². The zero-order valence-electron chi connectivity index (χ0n) is 66.9. The molecule has 19 heteroatoms. The van der Waals surface area contributed by atoms with Crippen molar-refractivity contribution in [2.75, 3.05) is 39.6 Å². The summed E-state index contributed by atoms with van der Waals surface area (Å²) in [6, 6.07) is 0. The molecule has 0 rings (SSSR count). The maximum Gasteiger partial charge on any atom is 0.472 e. The number of phosphoric acid groups is 2. The SMILES string of the molecule is CC/C=C\C/C=C\C/C=C\C/C=C\C/C=C\CCCCCC(=O)OCC(COP(=O)(O)OCC(O)COP(=O)(O)OCC(COC(=O)CCCCC/C=C\C/C=C\C/C=C\C/C=C\C/C=C\CC)OC(=O)CCCCCCCCC/C=C\C/C=C\C/C=C\CC)OC(=O)CCCCCCC/C=C\C/C=C\CCC. The minimum Gasteiger partial charge on any atom is -0.462 e. The van der Waals surface area contributed by atoms with Crippen molar-refractivity contribution >= 4 is 39.5 Å². The molecule has 0 saturated carbocycles. The Morgan fingerprint density at radius 2 is 0.481 bits per heavy atom. The van der Waals surface area contributed by atoms with Gasteiger partial charge in [0.1, 0.15) is 19.3 Å². The number of ether oxygens (including phenoxy) is 4. The van der Waals surface area contributed by atoms with E-state index in [-0.39, 0.29) is 25.7 Å². The highest BCUT2D eigenvalue weighted by atomic mass is 31.2. The predicted octanol–water partition coefficient (Wildman–Crippen LogP) is 24.3. The number of carbonyl (C=O) groups excluding carboxylic acids is 4. The molecule has 0 aliphatic rings. The quantitative estimate of drug-likeness (QED) is 0.0169. The Balaban J connectivity index is 5.45. The first kappa shape index (κ1) is 102. The van der Waals surface area contributed by atoms with Crippen molar-refractivity contribution < 1.29 is 80.2 Å². The van der Waals surface area contributed by atoms with Crippen LogP contribution in [0.1, 0.15) is 297 Å². The number of aliphatic hydroxyl groups is 1. The van der Waals surface area contributed by atoms with Crippen molar-refractivity contribution in [3.05, 3.63) is 182 Å². The van der Waals surface area contributed by atoms with Crippen LogP contribution in [0.4, 0.5) is 0 Å². The van der Waals surface area contributed by atoms with Crippen molar-refractivity contribution in [1.29, 1.82) is 0 Å². The van der Waals surface area contributed by atoms with Gasteiger partial charge in [0.2, 0.25) is 0 Å². The molecule has 0 aliphatic heterocycles. The van der Waals surface area contributed by atoms with Gasteiger partial charge in [0.05, 0.1) is 26.4 Å². The third-order valence-corrected chi connectivity index (χ3v) is 18.2. The summed E-state index contributed by atoms with van der Waals surface area (Å²) in [6.45, 7) is 4.36. The normalized spacial score (nSPS) is 14.8. The molecule has 0 spiro atoms. The summed E-state index contributed by atoms with van der Waals surface area (Å²) >= 11 is 0. The first-order valence-corrected chi connectivity index (χ1v) is 44.0. The lowest BCUT2D eigenvalue weighted by atomic mass is 10.1. The minimum atomic E-state index is -5.00. The number of unbranched alkanes of at least 4 members (excludes halogenated alkanes) is 19. The maximum absolute atomic E-state index is 13.1. The van der Waals surface area contributed by atoms with Gasteiger partial charge in [-0.25, -0.2) is 9.13 Å². The molecule has 5 unspecified atom stereocenters. The molecule has 0 radical (unpaired) electrons. The van der Waals surface area contributed by atoms with Gasteiger partial charge in [0.15, 0.2) is 12.2 Å². The third-order valence-electron chi connectivity index (χ3n) is 16.3. The third kappa shape index (κ3) is 78.3. The van der Waals surface area contributed by atoms with Crippen molar-refractivity contribution in [1.82, 2.24) is 0 Å². The van der Waals surface area contributed by atoms with Gasteiger partial charge in [-0.15, -0.1) is 0 Å². The van der Waals surface area contributed by atoms with E-state index in [4.69, 9.17) is 37.0 Å². The predicted molar refractivity (Wildman–Crippen MR) is 445 cm³/mol. The zero-order valence-corrected chi connectivity index (χ0v) is 68.7. The lowest BCUT2D eigenvalue weighted by Gasteiger charge is -2.21. The number of phosphoric ester groups is 2. The van der Waals surface area contributed by atoms with E-state index in [0.717, 1.165) is 218 Å². The molecule has 5 atom stereocenters. The topological polar surface area (TPSA) is 237 Å². The van der Waals surface area contributed by atoms with Gasteiger partial charge in [-0.1, -0.05) is 281 Å². The van der Waals surface area contributed by atoms with Crippen LogP contribution in [0.2, 0.25) is 0 Å². The van der Waals surface area contributed by atoms with E-state index in [1.807, 2.05) is 0 Å². The van der Waals surface area contributed by atoms with Crippen LogP contribution in [0.25, 0.3) is 0 Å². The van der Waals surface area contributed by atoms with Gasteiger partial charge in [0.25, 0.3) is 0 Å². The van der Waals surface area contributed by atoms with Crippen LogP contribution in [0.3, 0.4) is 0 Å². The molecular weight excluding hydrogens is 1400 g/mol. The minimum absolute atomic E-state index is 0.0638. The summed E-state index contributed by atoms with van der Waals surface area (Å²) < 4.78 is 68.6. The molecule has 3 N–H and O–H groups in total. The van der Waals surface area contributed by atoms with Crippen LogP contribution in [-0.4, -0.2) is 96.7 Å². The lowest BCUT2D eigenvalue weighted by molar-refractivity contribution is -0.161. The molecule has 0 aliphatic carbocycles. The Hall–Kier alpha value is -5.84. The molecule has 0 amide bonds. The van der Waals surface area contributed by atoms with Gasteiger partial charge in [0, 0.05) is 25.7 Å². The molecule has 0 saturated heterocycles. The number of allylic oxidation sites excluding steroid dienone is 30. The first-order chi connectivity index (χ1) is 52.7. The zero-order chi connectivity index (χ0) is 78.9. The molecule has 612 valence electrons. The van der Waals surface area contributed by atoms with Crippen LogP contribution >= 0.6 is 15.6 Å². The number of aliphatic hydroxyl groups excluding tert-OH is 1. The lowest BCUT2D eigenvalue weighted by Crippen LogP contribution is -2.30. The standard InChI is InChI=1S/C89H144O17P2/c1-5-9-13-17-21-25-29-33-36-39-41-44-46-50-53-57-61-65-69-73-86(91)99-79-84(105-88(93)75-71-67-63-59-55-49-32-28-24-20-16-12-8-4)81-103-107(95,96)101-77-83(90)78-102-108(97,98)104-82-85(106-89(94)76-72-68-64-60-56-52-48-43-38-35-31-27-23-19-15-11-7-3)80-100-87(92)74-70-66-62-58-54-51-47-45-42-40-37-34-30-26-22-18-14-10-6-2/h9-11,13-16,20-23,25-28,32-38,41-42,44-45,50-51,53-54,83-85,90H,5-8,12,17-19,24,29-31,39-40,43,46-49,52,55-82H2,1-4H3,(H,95,96)(H,97,98)/b13-9-,14-10-,15-11-,20-16-,25-21-,26-22-,27-23-,32-28-,36-33-,37-34-,38-35-,44-41-,45-42-,53-50-,54-51-. The number of hydrogen-bond acceptors (Lipinski definition) is 15. The maximum atomic E-state index is 13.1. The van der Waals surface area contributed by atoms with Crippen LogP contribution < -0.4 is 0 Å². The van der Waals surface area contributed by atoms with Gasteiger partial charge >= 0.3 is 39.5 Å². The Kier molecular flexibility index (Phi) is 75.0. The molecular formula is C89H144O17P2. The summed E-state index contributed by atoms with van der Waals surface area (Å²) in [5, 5.41) is 10.7. The number of esters is 4. The molecule has 0 aromatic carbocycles. The summed E-state index contributed by atoms with van der Waals surface area (Å²) in [6.07, 6.45) is 95.8. The van der Waals surface area contributed by atoms with Crippen LogP contribution in [-0.2, 0) is 65.4 Å². The molecule has 17 nitrogen and oxygen atoms in total. The smallest absolute Gasteiger partial charge is 0.462 e. The fraction of sp³-hybridized carbons (Fsp3) is 0.618. The number of carbonyl (C=O) groups is 4. The highest BCUT2D eigenvalue weighted by molar-refractivity contribution is 7.47. The highest BCUT2D eigenvalue weighted by Crippen LogP contribution is 2.45. The summed E-state index contributed by atoms with van der Waals surface area (Å²) in [4.78, 5) is 73.1.